The van der Waals surface area contributed by atoms with Crippen molar-refractivity contribution in [3.63, 3.8) is 0 Å². The lowest BCUT2D eigenvalue weighted by atomic mass is 10.1. The molecule has 1 aromatic rings. The monoisotopic (exact) mass is 300 g/mol. The van der Waals surface area contributed by atoms with Gasteiger partial charge in [-0.3, -0.25) is 15.0 Å². The first-order valence-corrected chi connectivity index (χ1v) is 7.03. The van der Waals surface area contributed by atoms with Crippen LogP contribution < -0.4 is 0 Å². The summed E-state index contributed by atoms with van der Waals surface area (Å²) < 4.78 is 5.11. The van der Waals surface area contributed by atoms with Gasteiger partial charge in [-0.1, -0.05) is 18.5 Å². The van der Waals surface area contributed by atoms with Gasteiger partial charge in [0.2, 0.25) is 0 Å². The summed E-state index contributed by atoms with van der Waals surface area (Å²) in [6, 6.07) is 4.92. The Balaban J connectivity index is 2.91. The summed E-state index contributed by atoms with van der Waals surface area (Å²) in [5, 5.41) is 11.4. The lowest BCUT2D eigenvalue weighted by Gasteiger charge is -2.28. The number of nitro benzene ring substituents is 1. The number of hydrogen-bond acceptors (Lipinski definition) is 4. The molecule has 1 aromatic carbocycles. The van der Waals surface area contributed by atoms with Gasteiger partial charge in [0.05, 0.1) is 11.5 Å². The number of halogens is 1. The maximum atomic E-state index is 10.8. The molecule has 0 saturated heterocycles. The third-order valence-corrected chi connectivity index (χ3v) is 3.78. The molecular formula is C14H21ClN2O3. The Labute approximate surface area is 124 Å². The van der Waals surface area contributed by atoms with Crippen molar-refractivity contribution in [3.8, 4) is 0 Å². The molecule has 112 valence electrons. The topological polar surface area (TPSA) is 55.6 Å². The molecule has 1 atom stereocenters. The van der Waals surface area contributed by atoms with E-state index in [-0.39, 0.29) is 5.69 Å². The summed E-state index contributed by atoms with van der Waals surface area (Å²) in [6.07, 6.45) is 0.996. The molecular weight excluding hydrogens is 280 g/mol. The molecule has 1 unspecified atom stereocenters. The van der Waals surface area contributed by atoms with E-state index in [0.717, 1.165) is 18.5 Å². The molecule has 0 fully saturated rings. The molecule has 6 heteroatoms. The number of hydrogen-bond donors (Lipinski definition) is 0. The summed E-state index contributed by atoms with van der Waals surface area (Å²) in [6.45, 7) is 6.21. The van der Waals surface area contributed by atoms with E-state index in [0.29, 0.717) is 24.2 Å². The van der Waals surface area contributed by atoms with Crippen molar-refractivity contribution in [3.05, 3.63) is 38.9 Å². The first-order chi connectivity index (χ1) is 9.49. The second-order valence-electron chi connectivity index (χ2n) is 4.75. The van der Waals surface area contributed by atoms with Gasteiger partial charge in [-0.25, -0.2) is 0 Å². The van der Waals surface area contributed by atoms with Gasteiger partial charge < -0.3 is 4.74 Å². The fourth-order valence-electron chi connectivity index (χ4n) is 1.94. The number of methoxy groups -OCH3 is 1. The SMILES string of the molecule is CCC(C)N(CCOC)Cc1cc([N+](=O)[O-])ccc1Cl. The molecule has 0 aliphatic heterocycles. The molecule has 0 aliphatic rings. The lowest BCUT2D eigenvalue weighted by molar-refractivity contribution is -0.384. The highest BCUT2D eigenvalue weighted by Crippen LogP contribution is 2.24. The zero-order valence-electron chi connectivity index (χ0n) is 12.1. The van der Waals surface area contributed by atoms with Crippen LogP contribution in [0.25, 0.3) is 0 Å². The van der Waals surface area contributed by atoms with E-state index in [4.69, 9.17) is 16.3 Å². The Hall–Kier alpha value is -1.17. The van der Waals surface area contributed by atoms with Crippen LogP contribution in [0.4, 0.5) is 5.69 Å². The van der Waals surface area contributed by atoms with E-state index in [1.807, 2.05) is 0 Å². The summed E-state index contributed by atoms with van der Waals surface area (Å²) in [7, 11) is 1.66. The number of rotatable bonds is 8. The van der Waals surface area contributed by atoms with Crippen LogP contribution in [0.15, 0.2) is 18.2 Å². The molecule has 0 amide bonds. The second-order valence-corrected chi connectivity index (χ2v) is 5.16. The standard InChI is InChI=1S/C14H21ClN2O3/c1-4-11(2)16(7-8-20-3)10-12-9-13(17(18)19)5-6-14(12)15/h5-6,9,11H,4,7-8,10H2,1-3H3. The van der Waals surface area contributed by atoms with Crippen molar-refractivity contribution in [1.82, 2.24) is 4.90 Å². The van der Waals surface area contributed by atoms with Gasteiger partial charge in [-0.05, 0) is 25.0 Å². The molecule has 0 spiro atoms. The normalized spacial score (nSPS) is 12.7. The summed E-state index contributed by atoms with van der Waals surface area (Å²) in [5.74, 6) is 0. The number of ether oxygens (including phenoxy) is 1. The van der Waals surface area contributed by atoms with Crippen molar-refractivity contribution in [2.75, 3.05) is 20.3 Å². The van der Waals surface area contributed by atoms with Gasteiger partial charge in [0, 0.05) is 43.4 Å². The molecule has 0 aromatic heterocycles. The minimum Gasteiger partial charge on any atom is -0.383 e. The zero-order chi connectivity index (χ0) is 15.1. The Bertz CT molecular complexity index is 454. The van der Waals surface area contributed by atoms with Gasteiger partial charge in [0.1, 0.15) is 0 Å². The molecule has 0 saturated carbocycles. The Morgan fingerprint density at radius 2 is 2.20 bits per heavy atom. The van der Waals surface area contributed by atoms with Crippen molar-refractivity contribution < 1.29 is 9.66 Å². The highest BCUT2D eigenvalue weighted by molar-refractivity contribution is 6.31. The number of non-ortho nitro benzene ring substituents is 1. The molecule has 1 rings (SSSR count). The Morgan fingerprint density at radius 3 is 2.75 bits per heavy atom. The van der Waals surface area contributed by atoms with Crippen molar-refractivity contribution in [1.29, 1.82) is 0 Å². The van der Waals surface area contributed by atoms with Crippen LogP contribution in [-0.2, 0) is 11.3 Å². The average molecular weight is 301 g/mol. The van der Waals surface area contributed by atoms with Gasteiger partial charge in [0.25, 0.3) is 5.69 Å². The smallest absolute Gasteiger partial charge is 0.269 e. The molecule has 0 aliphatic carbocycles. The molecule has 0 N–H and O–H groups in total. The van der Waals surface area contributed by atoms with E-state index < -0.39 is 4.92 Å². The largest absolute Gasteiger partial charge is 0.383 e. The number of benzene rings is 1. The molecule has 0 bridgehead atoms. The highest BCUT2D eigenvalue weighted by atomic mass is 35.5. The van der Waals surface area contributed by atoms with Gasteiger partial charge in [-0.2, -0.15) is 0 Å². The van der Waals surface area contributed by atoms with Crippen LogP contribution in [0.3, 0.4) is 0 Å². The van der Waals surface area contributed by atoms with Crippen LogP contribution in [0.2, 0.25) is 5.02 Å². The minimum atomic E-state index is -0.400. The quantitative estimate of drug-likeness (QED) is 0.545. The zero-order valence-corrected chi connectivity index (χ0v) is 12.9. The van der Waals surface area contributed by atoms with Crippen LogP contribution in [0, 0.1) is 10.1 Å². The number of nitrogens with zero attached hydrogens (tertiary/aromatic N) is 2. The van der Waals surface area contributed by atoms with E-state index in [1.54, 1.807) is 19.2 Å². The van der Waals surface area contributed by atoms with E-state index in [1.165, 1.54) is 6.07 Å². The first kappa shape index (κ1) is 16.9. The van der Waals surface area contributed by atoms with E-state index in [2.05, 4.69) is 18.7 Å². The van der Waals surface area contributed by atoms with Crippen LogP contribution >= 0.6 is 11.6 Å². The predicted octanol–water partition coefficient (Wildman–Crippen LogP) is 3.50. The summed E-state index contributed by atoms with van der Waals surface area (Å²) in [5.41, 5.74) is 0.845. The summed E-state index contributed by atoms with van der Waals surface area (Å²) in [4.78, 5) is 12.7. The second kappa shape index (κ2) is 8.19. The molecule has 5 nitrogen and oxygen atoms in total. The summed E-state index contributed by atoms with van der Waals surface area (Å²) >= 11 is 6.15. The van der Waals surface area contributed by atoms with Gasteiger partial charge >= 0.3 is 0 Å². The predicted molar refractivity (Wildman–Crippen MR) is 80.1 cm³/mol. The van der Waals surface area contributed by atoms with Crippen molar-refractivity contribution in [2.45, 2.75) is 32.9 Å². The Morgan fingerprint density at radius 1 is 1.50 bits per heavy atom. The average Bonchev–Trinajstić information content (AvgIpc) is 2.44. The maximum absolute atomic E-state index is 10.8. The van der Waals surface area contributed by atoms with Gasteiger partial charge in [-0.15, -0.1) is 0 Å². The maximum Gasteiger partial charge on any atom is 0.269 e. The van der Waals surface area contributed by atoms with E-state index in [9.17, 15) is 10.1 Å². The molecule has 20 heavy (non-hydrogen) atoms. The first-order valence-electron chi connectivity index (χ1n) is 6.65. The fourth-order valence-corrected chi connectivity index (χ4v) is 2.11. The van der Waals surface area contributed by atoms with Crippen LogP contribution in [-0.4, -0.2) is 36.1 Å². The minimum absolute atomic E-state index is 0.0697. The number of nitro groups is 1. The van der Waals surface area contributed by atoms with Crippen LogP contribution in [0.5, 0.6) is 0 Å². The fraction of sp³-hybridized carbons (Fsp3) is 0.571. The van der Waals surface area contributed by atoms with Gasteiger partial charge in [0.15, 0.2) is 0 Å². The van der Waals surface area contributed by atoms with Crippen LogP contribution in [0.1, 0.15) is 25.8 Å². The lowest BCUT2D eigenvalue weighted by Crippen LogP contribution is -2.34. The van der Waals surface area contributed by atoms with Crippen molar-refractivity contribution in [2.24, 2.45) is 0 Å². The van der Waals surface area contributed by atoms with Crippen molar-refractivity contribution >= 4 is 17.3 Å². The third kappa shape index (κ3) is 4.74. The molecule has 0 heterocycles. The third-order valence-electron chi connectivity index (χ3n) is 3.41. The van der Waals surface area contributed by atoms with E-state index >= 15 is 0 Å². The highest BCUT2D eigenvalue weighted by Gasteiger charge is 2.16. The Kier molecular flexibility index (Phi) is 6.91. The molecule has 0 radical (unpaired) electrons.